The van der Waals surface area contributed by atoms with Crippen molar-refractivity contribution in [2.75, 3.05) is 31.6 Å². The number of hydrogen-bond donors (Lipinski definition) is 1. The number of carbonyl (C=O) groups is 2. The van der Waals surface area contributed by atoms with Gasteiger partial charge in [0, 0.05) is 49.9 Å². The molecule has 1 atom stereocenters. The molecular weight excluding hydrogens is 378 g/mol. The third kappa shape index (κ3) is 4.30. The van der Waals surface area contributed by atoms with Gasteiger partial charge in [-0.25, -0.2) is 9.97 Å². The Labute approximate surface area is 177 Å². The average Bonchev–Trinajstić information content (AvgIpc) is 3.25. The minimum atomic E-state index is -0.384. The third-order valence-electron chi connectivity index (χ3n) is 6.08. The first-order valence-corrected chi connectivity index (χ1v) is 10.8. The van der Waals surface area contributed by atoms with Crippen LogP contribution in [-0.2, 0) is 22.4 Å². The molecule has 0 bridgehead atoms. The molecule has 1 aromatic carbocycles. The molecular formula is C23H29N5O2. The van der Waals surface area contributed by atoms with Gasteiger partial charge in [0.05, 0.1) is 5.92 Å². The number of rotatable bonds is 6. The van der Waals surface area contributed by atoms with Crippen LogP contribution in [0, 0.1) is 5.92 Å². The molecule has 7 heteroatoms. The van der Waals surface area contributed by atoms with Crippen LogP contribution in [0.5, 0.6) is 0 Å². The van der Waals surface area contributed by atoms with Crippen molar-refractivity contribution >= 4 is 17.6 Å². The van der Waals surface area contributed by atoms with Crippen LogP contribution in [0.3, 0.4) is 0 Å². The molecule has 1 aliphatic carbocycles. The Kier molecular flexibility index (Phi) is 5.97. The van der Waals surface area contributed by atoms with Crippen LogP contribution < -0.4 is 10.6 Å². The van der Waals surface area contributed by atoms with Crippen LogP contribution in [0.2, 0.25) is 0 Å². The van der Waals surface area contributed by atoms with Crippen molar-refractivity contribution in [3.05, 3.63) is 41.6 Å². The zero-order valence-electron chi connectivity index (χ0n) is 17.5. The van der Waals surface area contributed by atoms with Crippen LogP contribution in [0.1, 0.15) is 36.9 Å². The van der Waals surface area contributed by atoms with Crippen LogP contribution >= 0.6 is 0 Å². The van der Waals surface area contributed by atoms with E-state index >= 15 is 0 Å². The minimum absolute atomic E-state index is 0.0786. The number of piperidine rings is 1. The van der Waals surface area contributed by atoms with Gasteiger partial charge in [-0.3, -0.25) is 9.59 Å². The molecule has 2 N–H and O–H groups in total. The zero-order chi connectivity index (χ0) is 21.1. The van der Waals surface area contributed by atoms with Crippen LogP contribution in [-0.4, -0.2) is 53.4 Å². The Morgan fingerprint density at radius 3 is 2.73 bits per heavy atom. The van der Waals surface area contributed by atoms with Crippen LogP contribution in [0.4, 0.5) is 5.82 Å². The number of aryl methyl sites for hydroxylation is 1. The van der Waals surface area contributed by atoms with Crippen molar-refractivity contribution in [2.24, 2.45) is 11.7 Å². The van der Waals surface area contributed by atoms with Gasteiger partial charge >= 0.3 is 0 Å². The SMILES string of the molecule is CN(CCC(N)=O)C(=O)[C@@H]1CCCN(c2nc(-c3ccccc3)nc3c2CCC3)C1. The highest BCUT2D eigenvalue weighted by molar-refractivity contribution is 5.81. The number of nitrogens with zero attached hydrogens (tertiary/aromatic N) is 4. The number of amides is 2. The fraction of sp³-hybridized carbons (Fsp3) is 0.478. The highest BCUT2D eigenvalue weighted by Gasteiger charge is 2.31. The van der Waals surface area contributed by atoms with Gasteiger partial charge in [0.2, 0.25) is 11.8 Å². The number of fused-ring (bicyclic) bond motifs is 1. The van der Waals surface area contributed by atoms with E-state index in [1.807, 2.05) is 30.3 Å². The summed E-state index contributed by atoms with van der Waals surface area (Å²) < 4.78 is 0. The lowest BCUT2D eigenvalue weighted by atomic mass is 9.96. The molecule has 1 fully saturated rings. The van der Waals surface area contributed by atoms with Gasteiger partial charge in [-0.1, -0.05) is 30.3 Å². The van der Waals surface area contributed by atoms with Gasteiger partial charge in [-0.15, -0.1) is 0 Å². The molecule has 0 unspecified atom stereocenters. The van der Waals surface area contributed by atoms with Crippen molar-refractivity contribution in [3.63, 3.8) is 0 Å². The third-order valence-corrected chi connectivity index (χ3v) is 6.08. The molecule has 7 nitrogen and oxygen atoms in total. The van der Waals surface area contributed by atoms with E-state index in [2.05, 4.69) is 4.90 Å². The topological polar surface area (TPSA) is 92.4 Å². The molecule has 1 aliphatic heterocycles. The second-order valence-electron chi connectivity index (χ2n) is 8.28. The molecule has 1 saturated heterocycles. The zero-order valence-corrected chi connectivity index (χ0v) is 17.5. The summed E-state index contributed by atoms with van der Waals surface area (Å²) in [6.45, 7) is 1.91. The highest BCUT2D eigenvalue weighted by Crippen LogP contribution is 2.33. The van der Waals surface area contributed by atoms with Crippen LogP contribution in [0.15, 0.2) is 30.3 Å². The molecule has 2 aliphatic rings. The average molecular weight is 408 g/mol. The largest absolute Gasteiger partial charge is 0.370 e. The van der Waals surface area contributed by atoms with E-state index in [-0.39, 0.29) is 24.2 Å². The van der Waals surface area contributed by atoms with Gasteiger partial charge in [-0.05, 0) is 32.1 Å². The van der Waals surface area contributed by atoms with E-state index in [4.69, 9.17) is 15.7 Å². The summed E-state index contributed by atoms with van der Waals surface area (Å²) in [7, 11) is 1.75. The Morgan fingerprint density at radius 2 is 1.97 bits per heavy atom. The summed E-state index contributed by atoms with van der Waals surface area (Å²) >= 11 is 0. The van der Waals surface area contributed by atoms with Crippen molar-refractivity contribution in [2.45, 2.75) is 38.5 Å². The lowest BCUT2D eigenvalue weighted by Crippen LogP contribution is -2.45. The number of anilines is 1. The van der Waals surface area contributed by atoms with Gasteiger partial charge in [0.15, 0.2) is 5.82 Å². The second kappa shape index (κ2) is 8.81. The predicted octanol–water partition coefficient (Wildman–Crippen LogP) is 2.18. The Morgan fingerprint density at radius 1 is 1.17 bits per heavy atom. The molecule has 30 heavy (non-hydrogen) atoms. The standard InChI is InChI=1S/C23H29N5O2/c1-27(14-12-20(24)29)23(30)17-9-6-13-28(15-17)22-18-10-5-11-19(18)25-21(26-22)16-7-3-2-4-8-16/h2-4,7-8,17H,5-6,9-15H2,1H3,(H2,24,29)/t17-/m1/s1. The van der Waals surface area contributed by atoms with Crippen LogP contribution in [0.25, 0.3) is 11.4 Å². The van der Waals surface area contributed by atoms with E-state index in [1.165, 1.54) is 5.56 Å². The number of hydrogen-bond acceptors (Lipinski definition) is 5. The van der Waals surface area contributed by atoms with Gasteiger partial charge < -0.3 is 15.5 Å². The van der Waals surface area contributed by atoms with E-state index < -0.39 is 0 Å². The molecule has 0 radical (unpaired) electrons. The lowest BCUT2D eigenvalue weighted by Gasteiger charge is -2.35. The van der Waals surface area contributed by atoms with E-state index in [1.54, 1.807) is 11.9 Å². The molecule has 158 valence electrons. The van der Waals surface area contributed by atoms with Crippen molar-refractivity contribution < 1.29 is 9.59 Å². The summed E-state index contributed by atoms with van der Waals surface area (Å²) in [6, 6.07) is 10.1. The second-order valence-corrected chi connectivity index (χ2v) is 8.28. The fourth-order valence-electron chi connectivity index (χ4n) is 4.46. The maximum atomic E-state index is 12.9. The Balaban J connectivity index is 1.57. The summed E-state index contributed by atoms with van der Waals surface area (Å²) in [5, 5.41) is 0. The molecule has 4 rings (SSSR count). The maximum absolute atomic E-state index is 12.9. The van der Waals surface area contributed by atoms with Gasteiger partial charge in [-0.2, -0.15) is 0 Å². The quantitative estimate of drug-likeness (QED) is 0.792. The number of carbonyl (C=O) groups excluding carboxylic acids is 2. The van der Waals surface area contributed by atoms with E-state index in [0.29, 0.717) is 13.1 Å². The first kappa shape index (κ1) is 20.3. The molecule has 2 heterocycles. The van der Waals surface area contributed by atoms with Crippen molar-refractivity contribution in [3.8, 4) is 11.4 Å². The fourth-order valence-corrected chi connectivity index (χ4v) is 4.46. The minimum Gasteiger partial charge on any atom is -0.370 e. The summed E-state index contributed by atoms with van der Waals surface area (Å²) in [6.07, 6.45) is 5.07. The maximum Gasteiger partial charge on any atom is 0.227 e. The normalized spacial score (nSPS) is 18.2. The molecule has 1 aromatic heterocycles. The number of benzene rings is 1. The number of aromatic nitrogens is 2. The molecule has 2 amide bonds. The van der Waals surface area contributed by atoms with Gasteiger partial charge in [0.25, 0.3) is 0 Å². The van der Waals surface area contributed by atoms with Crippen molar-refractivity contribution in [1.29, 1.82) is 0 Å². The first-order chi connectivity index (χ1) is 14.5. The molecule has 2 aromatic rings. The molecule has 0 spiro atoms. The van der Waals surface area contributed by atoms with Gasteiger partial charge in [0.1, 0.15) is 5.82 Å². The highest BCUT2D eigenvalue weighted by atomic mass is 16.2. The number of nitrogens with two attached hydrogens (primary N) is 1. The lowest BCUT2D eigenvalue weighted by molar-refractivity contribution is -0.134. The summed E-state index contributed by atoms with van der Waals surface area (Å²) in [4.78, 5) is 37.7. The Hall–Kier alpha value is -2.96. The monoisotopic (exact) mass is 407 g/mol. The predicted molar refractivity (Wildman–Crippen MR) is 116 cm³/mol. The van der Waals surface area contributed by atoms with E-state index in [9.17, 15) is 9.59 Å². The Bertz CT molecular complexity index is 931. The summed E-state index contributed by atoms with van der Waals surface area (Å²) in [5.74, 6) is 1.36. The summed E-state index contributed by atoms with van der Waals surface area (Å²) in [5.41, 5.74) is 8.64. The number of primary amides is 1. The molecule has 0 saturated carbocycles. The smallest absolute Gasteiger partial charge is 0.227 e. The first-order valence-electron chi connectivity index (χ1n) is 10.8. The van der Waals surface area contributed by atoms with Crippen molar-refractivity contribution in [1.82, 2.24) is 14.9 Å². The van der Waals surface area contributed by atoms with E-state index in [0.717, 1.165) is 61.5 Å².